The van der Waals surface area contributed by atoms with Gasteiger partial charge in [-0.25, -0.2) is 0 Å². The van der Waals surface area contributed by atoms with Crippen LogP contribution in [0.25, 0.3) is 0 Å². The molecule has 6 heteroatoms. The van der Waals surface area contributed by atoms with E-state index in [4.69, 9.17) is 20.4 Å². The van der Waals surface area contributed by atoms with Crippen molar-refractivity contribution in [2.45, 2.75) is 18.3 Å². The second kappa shape index (κ2) is 6.30. The fraction of sp³-hybridized carbons (Fsp3) is 0.800. The first-order valence-corrected chi connectivity index (χ1v) is 2.73. The van der Waals surface area contributed by atoms with Crippen LogP contribution in [0.2, 0.25) is 0 Å². The minimum Gasteiger partial charge on any atom is -0.394 e. The number of hydrogen-bond acceptors (Lipinski definition) is 5. The van der Waals surface area contributed by atoms with E-state index in [0.717, 1.165) is 0 Å². The highest BCUT2D eigenvalue weighted by Crippen LogP contribution is 1.96. The van der Waals surface area contributed by atoms with Crippen molar-refractivity contribution in [3.05, 3.63) is 0 Å². The second-order valence-electron chi connectivity index (χ2n) is 1.87. The molecule has 5 nitrogen and oxygen atoms in total. The Balaban J connectivity index is 0. The molecule has 11 heavy (non-hydrogen) atoms. The van der Waals surface area contributed by atoms with Gasteiger partial charge < -0.3 is 25.2 Å². The van der Waals surface area contributed by atoms with Gasteiger partial charge in [-0.15, -0.1) is 0 Å². The molecule has 0 unspecified atom stereocenters. The fourth-order valence-electron chi connectivity index (χ4n) is 0.416. The zero-order valence-corrected chi connectivity index (χ0v) is 5.21. The molecule has 3 atom stereocenters. The topological polar surface area (TPSA) is 98.0 Å². The Hall–Kier alpha value is -0.425. The Morgan fingerprint density at radius 3 is 2.00 bits per heavy atom. The largest absolute Gasteiger partial charge is 0.394 e. The van der Waals surface area contributed by atoms with Gasteiger partial charge in [0.15, 0.2) is 6.29 Å². The molecule has 0 aliphatic heterocycles. The third-order valence-electron chi connectivity index (χ3n) is 1.07. The van der Waals surface area contributed by atoms with Crippen LogP contribution in [0.3, 0.4) is 0 Å². The Morgan fingerprint density at radius 2 is 1.73 bits per heavy atom. The quantitative estimate of drug-likeness (QED) is 0.251. The third kappa shape index (κ3) is 4.10. The molecule has 0 aromatic carbocycles. The molecule has 0 amide bonds. The normalized spacial score (nSPS) is 17.8. The summed E-state index contributed by atoms with van der Waals surface area (Å²) in [6.07, 6.45) is -4.63. The molecule has 0 rings (SSSR count). The van der Waals surface area contributed by atoms with E-state index in [2.05, 4.69) is 0 Å². The summed E-state index contributed by atoms with van der Waals surface area (Å²) in [5.41, 5.74) is 0. The average molecular weight is 164 g/mol. The van der Waals surface area contributed by atoms with Crippen LogP contribution in [0, 0.1) is 0 Å². The maximum absolute atomic E-state index is 9.76. The van der Waals surface area contributed by atoms with E-state index < -0.39 is 24.9 Å². The Bertz CT molecular complexity index is 109. The molecule has 0 spiro atoms. The van der Waals surface area contributed by atoms with Gasteiger partial charge in [0.05, 0.1) is 15.0 Å². The van der Waals surface area contributed by atoms with Crippen molar-refractivity contribution < 1.29 is 25.2 Å². The van der Waals surface area contributed by atoms with Gasteiger partial charge in [0.25, 0.3) is 0 Å². The number of aliphatic hydroxyl groups excluding tert-OH is 4. The molecule has 0 saturated carbocycles. The Kier molecular flexibility index (Phi) is 7.55. The van der Waals surface area contributed by atoms with Gasteiger partial charge >= 0.3 is 0 Å². The van der Waals surface area contributed by atoms with Crippen LogP contribution in [-0.4, -0.2) is 60.0 Å². The van der Waals surface area contributed by atoms with E-state index in [1.807, 2.05) is 0 Å². The van der Waals surface area contributed by atoms with Crippen LogP contribution in [0.4, 0.5) is 0 Å². The van der Waals surface area contributed by atoms with Crippen molar-refractivity contribution in [1.29, 1.82) is 0 Å². The minimum absolute atomic E-state index is 0. The molecule has 0 fully saturated rings. The summed E-state index contributed by atoms with van der Waals surface area (Å²) >= 11 is 0. The van der Waals surface area contributed by atoms with E-state index in [9.17, 15) is 4.79 Å². The van der Waals surface area contributed by atoms with E-state index in [1.54, 1.807) is 0 Å². The maximum atomic E-state index is 9.76. The zero-order chi connectivity index (χ0) is 8.15. The van der Waals surface area contributed by atoms with Gasteiger partial charge in [0.1, 0.15) is 18.3 Å². The highest BCUT2D eigenvalue weighted by atomic mass is 16.4. The van der Waals surface area contributed by atoms with Gasteiger partial charge in [-0.1, -0.05) is 0 Å². The lowest BCUT2D eigenvalue weighted by Gasteiger charge is -2.16. The summed E-state index contributed by atoms with van der Waals surface area (Å²) in [6, 6.07) is 0. The Morgan fingerprint density at radius 1 is 1.27 bits per heavy atom. The first-order chi connectivity index (χ1) is 4.63. The summed E-state index contributed by atoms with van der Waals surface area (Å²) in [5.74, 6) is 0. The lowest BCUT2D eigenvalue weighted by atomic mass is 10.1. The predicted octanol–water partition coefficient (Wildman–Crippen LogP) is -3.92. The molecule has 66 valence electrons. The predicted molar refractivity (Wildman–Crippen MR) is 41.1 cm³/mol. The van der Waals surface area contributed by atoms with E-state index in [0.29, 0.717) is 0 Å². The molecule has 4 N–H and O–H groups in total. The van der Waals surface area contributed by atoms with Crippen LogP contribution in [-0.2, 0) is 4.79 Å². The van der Waals surface area contributed by atoms with Crippen LogP contribution < -0.4 is 0 Å². The van der Waals surface area contributed by atoms with Crippen molar-refractivity contribution in [1.82, 2.24) is 0 Å². The smallest absolute Gasteiger partial charge is 0.151 e. The van der Waals surface area contributed by atoms with E-state index >= 15 is 0 Å². The van der Waals surface area contributed by atoms with Crippen LogP contribution >= 0.6 is 0 Å². The third-order valence-corrected chi connectivity index (χ3v) is 1.07. The number of rotatable bonds is 4. The summed E-state index contributed by atoms with van der Waals surface area (Å²) in [5, 5.41) is 34.1. The molecule has 0 heterocycles. The lowest BCUT2D eigenvalue weighted by Crippen LogP contribution is -2.40. The van der Waals surface area contributed by atoms with Crippen LogP contribution in [0.5, 0.6) is 0 Å². The molecule has 0 aromatic heterocycles. The SMILES string of the molecule is B.O=C[C@H](O)[C@@H](O)[C@H](O)CO. The molecule has 0 aliphatic carbocycles. The molecule has 0 saturated heterocycles. The molecule has 0 aromatic rings. The minimum atomic E-state index is -1.64. The van der Waals surface area contributed by atoms with E-state index in [-0.39, 0.29) is 14.7 Å². The number of aliphatic hydroxyl groups is 4. The van der Waals surface area contributed by atoms with Crippen molar-refractivity contribution in [3.8, 4) is 0 Å². The molecular formula is C5H13BO5. The second-order valence-corrected chi connectivity index (χ2v) is 1.87. The summed E-state index contributed by atoms with van der Waals surface area (Å²) < 4.78 is 0. The number of carbonyl (C=O) groups is 1. The maximum Gasteiger partial charge on any atom is 0.151 e. The first kappa shape index (κ1) is 13.2. The summed E-state index contributed by atoms with van der Waals surface area (Å²) in [4.78, 5) is 9.76. The van der Waals surface area contributed by atoms with Gasteiger partial charge in [-0.05, 0) is 0 Å². The first-order valence-electron chi connectivity index (χ1n) is 2.73. The van der Waals surface area contributed by atoms with Gasteiger partial charge in [-0.3, -0.25) is 0 Å². The van der Waals surface area contributed by atoms with Crippen molar-refractivity contribution in [2.24, 2.45) is 0 Å². The number of carbonyl (C=O) groups excluding carboxylic acids is 1. The van der Waals surface area contributed by atoms with E-state index in [1.165, 1.54) is 0 Å². The van der Waals surface area contributed by atoms with Crippen LogP contribution in [0.1, 0.15) is 0 Å². The lowest BCUT2D eigenvalue weighted by molar-refractivity contribution is -0.127. The van der Waals surface area contributed by atoms with Gasteiger partial charge in [-0.2, -0.15) is 0 Å². The molecular weight excluding hydrogens is 151 g/mol. The highest BCUT2D eigenvalue weighted by molar-refractivity contribution is 5.75. The van der Waals surface area contributed by atoms with Crippen molar-refractivity contribution >= 4 is 14.7 Å². The summed E-state index contributed by atoms with van der Waals surface area (Å²) in [6.45, 7) is -0.688. The Labute approximate surface area is 65.9 Å². The monoisotopic (exact) mass is 164 g/mol. The molecule has 0 aliphatic rings. The molecule has 0 bridgehead atoms. The summed E-state index contributed by atoms with van der Waals surface area (Å²) in [7, 11) is 0. The highest BCUT2D eigenvalue weighted by Gasteiger charge is 2.22. The zero-order valence-electron chi connectivity index (χ0n) is 5.21. The molecule has 0 radical (unpaired) electrons. The van der Waals surface area contributed by atoms with Crippen molar-refractivity contribution in [3.63, 3.8) is 0 Å². The van der Waals surface area contributed by atoms with Gasteiger partial charge in [0, 0.05) is 0 Å². The standard InChI is InChI=1S/C5H10O5.BH3/c6-1-3(8)5(10)4(9)2-7;/h1,3-5,7-10H,2H2;1H3/t3-,4+,5+;/m0./s1. The number of aldehydes is 1. The van der Waals surface area contributed by atoms with Crippen molar-refractivity contribution in [2.75, 3.05) is 6.61 Å². The average Bonchev–Trinajstić information content (AvgIpc) is 2.00. The van der Waals surface area contributed by atoms with Gasteiger partial charge in [0.2, 0.25) is 0 Å². The van der Waals surface area contributed by atoms with Crippen LogP contribution in [0.15, 0.2) is 0 Å². The fourth-order valence-corrected chi connectivity index (χ4v) is 0.416. The number of hydrogen-bond donors (Lipinski definition) is 4.